The second kappa shape index (κ2) is 10.3. The van der Waals surface area contributed by atoms with Gasteiger partial charge in [-0.25, -0.2) is 9.59 Å². The summed E-state index contributed by atoms with van der Waals surface area (Å²) >= 11 is 0. The molecule has 0 aliphatic heterocycles. The van der Waals surface area contributed by atoms with E-state index >= 15 is 0 Å². The number of nitrogens with one attached hydrogen (secondary N) is 2. The summed E-state index contributed by atoms with van der Waals surface area (Å²) in [5.74, 6) is -0.668. The van der Waals surface area contributed by atoms with Crippen LogP contribution in [0.4, 0.5) is 4.79 Å². The van der Waals surface area contributed by atoms with E-state index in [-0.39, 0.29) is 0 Å². The second-order valence-electron chi connectivity index (χ2n) is 5.20. The molecular formula is C17H24N2O5. The molecule has 3 amide bonds. The van der Waals surface area contributed by atoms with Crippen molar-refractivity contribution in [2.45, 2.75) is 39.2 Å². The van der Waals surface area contributed by atoms with Crippen LogP contribution < -0.4 is 15.4 Å². The SMILES string of the molecule is CCCCCOc1ccc(C(=O)O[C@H](C)C(=O)NC(=O)NC)cc1. The van der Waals surface area contributed by atoms with Crippen molar-refractivity contribution in [2.24, 2.45) is 0 Å². The number of unbranched alkanes of at least 4 members (excludes halogenated alkanes) is 2. The molecule has 0 spiro atoms. The van der Waals surface area contributed by atoms with Gasteiger partial charge in [0.25, 0.3) is 5.91 Å². The summed E-state index contributed by atoms with van der Waals surface area (Å²) in [7, 11) is 1.38. The number of esters is 1. The minimum atomic E-state index is -1.08. The van der Waals surface area contributed by atoms with Crippen molar-refractivity contribution >= 4 is 17.9 Å². The molecular weight excluding hydrogens is 312 g/mol. The Kier molecular flexibility index (Phi) is 8.32. The van der Waals surface area contributed by atoms with Crippen LogP contribution in [0.5, 0.6) is 5.75 Å². The van der Waals surface area contributed by atoms with Crippen LogP contribution >= 0.6 is 0 Å². The summed E-state index contributed by atoms with van der Waals surface area (Å²) in [5, 5.41) is 4.28. The van der Waals surface area contributed by atoms with Crippen LogP contribution in [-0.2, 0) is 9.53 Å². The minimum absolute atomic E-state index is 0.301. The average Bonchev–Trinajstić information content (AvgIpc) is 2.58. The molecule has 0 aliphatic carbocycles. The summed E-state index contributed by atoms with van der Waals surface area (Å²) in [6.45, 7) is 4.14. The van der Waals surface area contributed by atoms with Crippen LogP contribution in [-0.4, -0.2) is 37.7 Å². The zero-order valence-corrected chi connectivity index (χ0v) is 14.3. The normalized spacial score (nSPS) is 11.3. The fourth-order valence-corrected chi connectivity index (χ4v) is 1.79. The summed E-state index contributed by atoms with van der Waals surface area (Å²) in [6, 6.07) is 5.84. The second-order valence-corrected chi connectivity index (χ2v) is 5.20. The maximum atomic E-state index is 12.0. The van der Waals surface area contributed by atoms with E-state index in [1.807, 2.05) is 5.32 Å². The molecule has 1 aromatic carbocycles. The fourth-order valence-electron chi connectivity index (χ4n) is 1.79. The van der Waals surface area contributed by atoms with E-state index in [0.29, 0.717) is 17.9 Å². The smallest absolute Gasteiger partial charge is 0.338 e. The molecule has 0 unspecified atom stereocenters. The van der Waals surface area contributed by atoms with E-state index in [4.69, 9.17) is 9.47 Å². The first-order valence-electron chi connectivity index (χ1n) is 7.94. The van der Waals surface area contributed by atoms with Gasteiger partial charge in [0.05, 0.1) is 12.2 Å². The highest BCUT2D eigenvalue weighted by atomic mass is 16.5. The van der Waals surface area contributed by atoms with Crippen molar-refractivity contribution in [3.05, 3.63) is 29.8 Å². The van der Waals surface area contributed by atoms with Crippen molar-refractivity contribution < 1.29 is 23.9 Å². The molecule has 0 heterocycles. The Morgan fingerprint density at radius 3 is 2.38 bits per heavy atom. The summed E-state index contributed by atoms with van der Waals surface area (Å²) in [4.78, 5) is 34.7. The molecule has 7 nitrogen and oxygen atoms in total. The Bertz CT molecular complexity index is 557. The van der Waals surface area contributed by atoms with E-state index in [0.717, 1.165) is 19.3 Å². The zero-order valence-electron chi connectivity index (χ0n) is 14.3. The van der Waals surface area contributed by atoms with E-state index in [1.165, 1.54) is 14.0 Å². The Morgan fingerprint density at radius 1 is 1.12 bits per heavy atom. The summed E-state index contributed by atoms with van der Waals surface area (Å²) in [6.07, 6.45) is 2.14. The first kappa shape index (κ1) is 19.5. The van der Waals surface area contributed by atoms with Gasteiger partial charge in [-0.05, 0) is 37.6 Å². The number of hydrogen-bond acceptors (Lipinski definition) is 5. The summed E-state index contributed by atoms with van der Waals surface area (Å²) in [5.41, 5.74) is 0.301. The maximum Gasteiger partial charge on any atom is 0.338 e. The Hall–Kier alpha value is -2.57. The fraction of sp³-hybridized carbons (Fsp3) is 0.471. The van der Waals surface area contributed by atoms with Gasteiger partial charge >= 0.3 is 12.0 Å². The van der Waals surface area contributed by atoms with E-state index in [9.17, 15) is 14.4 Å². The molecule has 24 heavy (non-hydrogen) atoms. The first-order chi connectivity index (χ1) is 11.5. The average molecular weight is 336 g/mol. The highest BCUT2D eigenvalue weighted by molar-refractivity contribution is 5.98. The van der Waals surface area contributed by atoms with Gasteiger partial charge in [-0.1, -0.05) is 19.8 Å². The third-order valence-corrected chi connectivity index (χ3v) is 3.22. The largest absolute Gasteiger partial charge is 0.494 e. The molecule has 0 aliphatic rings. The number of imide groups is 1. The van der Waals surface area contributed by atoms with Crippen LogP contribution in [0, 0.1) is 0 Å². The zero-order chi connectivity index (χ0) is 17.9. The van der Waals surface area contributed by atoms with E-state index in [1.54, 1.807) is 24.3 Å². The number of urea groups is 1. The van der Waals surface area contributed by atoms with Gasteiger partial charge in [0.1, 0.15) is 5.75 Å². The molecule has 0 aromatic heterocycles. The van der Waals surface area contributed by atoms with Crippen LogP contribution in [0.1, 0.15) is 43.5 Å². The molecule has 0 fully saturated rings. The lowest BCUT2D eigenvalue weighted by Crippen LogP contribution is -2.43. The number of carbonyl (C=O) groups is 3. The predicted octanol–water partition coefficient (Wildman–Crippen LogP) is 2.26. The number of ether oxygens (including phenoxy) is 2. The molecule has 1 aromatic rings. The molecule has 7 heteroatoms. The van der Waals surface area contributed by atoms with Crippen molar-refractivity contribution in [1.82, 2.24) is 10.6 Å². The van der Waals surface area contributed by atoms with Gasteiger partial charge in [-0.3, -0.25) is 10.1 Å². The lowest BCUT2D eigenvalue weighted by Gasteiger charge is -2.13. The third kappa shape index (κ3) is 6.68. The number of amides is 3. The highest BCUT2D eigenvalue weighted by Crippen LogP contribution is 2.14. The van der Waals surface area contributed by atoms with Crippen molar-refractivity contribution in [2.75, 3.05) is 13.7 Å². The minimum Gasteiger partial charge on any atom is -0.494 e. The van der Waals surface area contributed by atoms with Crippen LogP contribution in [0.3, 0.4) is 0 Å². The van der Waals surface area contributed by atoms with E-state index in [2.05, 4.69) is 12.2 Å². The monoisotopic (exact) mass is 336 g/mol. The molecule has 0 radical (unpaired) electrons. The number of hydrogen-bond donors (Lipinski definition) is 2. The Morgan fingerprint density at radius 2 is 1.79 bits per heavy atom. The number of carbonyl (C=O) groups excluding carboxylic acids is 3. The van der Waals surface area contributed by atoms with Gasteiger partial charge in [-0.15, -0.1) is 0 Å². The highest BCUT2D eigenvalue weighted by Gasteiger charge is 2.20. The maximum absolute atomic E-state index is 12.0. The van der Waals surface area contributed by atoms with Gasteiger partial charge in [0.15, 0.2) is 6.10 Å². The Balaban J connectivity index is 2.49. The van der Waals surface area contributed by atoms with Crippen molar-refractivity contribution in [1.29, 1.82) is 0 Å². The number of benzene rings is 1. The van der Waals surface area contributed by atoms with E-state index < -0.39 is 24.0 Å². The molecule has 132 valence electrons. The Labute approximate surface area is 141 Å². The quantitative estimate of drug-likeness (QED) is 0.561. The van der Waals surface area contributed by atoms with Crippen LogP contribution in [0.2, 0.25) is 0 Å². The van der Waals surface area contributed by atoms with Gasteiger partial charge < -0.3 is 14.8 Å². The van der Waals surface area contributed by atoms with Gasteiger partial charge in [-0.2, -0.15) is 0 Å². The lowest BCUT2D eigenvalue weighted by molar-refractivity contribution is -0.127. The molecule has 1 atom stereocenters. The lowest BCUT2D eigenvalue weighted by atomic mass is 10.2. The summed E-state index contributed by atoms with van der Waals surface area (Å²) < 4.78 is 10.6. The standard InChI is InChI=1S/C17H24N2O5/c1-4-5-6-11-23-14-9-7-13(8-10-14)16(21)24-12(2)15(20)19-17(22)18-3/h7-10,12H,4-6,11H2,1-3H3,(H2,18,19,20,22)/t12-/m1/s1. The number of rotatable bonds is 8. The third-order valence-electron chi connectivity index (χ3n) is 3.22. The predicted molar refractivity (Wildman–Crippen MR) is 88.9 cm³/mol. The van der Waals surface area contributed by atoms with Gasteiger partial charge in [0.2, 0.25) is 0 Å². The van der Waals surface area contributed by atoms with Crippen molar-refractivity contribution in [3.63, 3.8) is 0 Å². The van der Waals surface area contributed by atoms with Crippen molar-refractivity contribution in [3.8, 4) is 5.75 Å². The van der Waals surface area contributed by atoms with Gasteiger partial charge in [0, 0.05) is 7.05 Å². The molecule has 2 N–H and O–H groups in total. The van der Waals surface area contributed by atoms with Crippen LogP contribution in [0.25, 0.3) is 0 Å². The molecule has 1 rings (SSSR count). The first-order valence-corrected chi connectivity index (χ1v) is 7.94. The van der Waals surface area contributed by atoms with Crippen LogP contribution in [0.15, 0.2) is 24.3 Å². The molecule has 0 bridgehead atoms. The molecule has 0 saturated carbocycles. The topological polar surface area (TPSA) is 93.7 Å². The molecule has 0 saturated heterocycles.